The molecule has 1 saturated carbocycles. The third-order valence-corrected chi connectivity index (χ3v) is 5.47. The molecule has 0 radical (unpaired) electrons. The van der Waals surface area contributed by atoms with E-state index in [-0.39, 0.29) is 29.9 Å². The van der Waals surface area contributed by atoms with Crippen molar-refractivity contribution in [3.63, 3.8) is 0 Å². The summed E-state index contributed by atoms with van der Waals surface area (Å²) >= 11 is 0. The Hall–Kier alpha value is -0.570. The summed E-state index contributed by atoms with van der Waals surface area (Å²) < 4.78 is 0. The van der Waals surface area contributed by atoms with E-state index in [1.807, 2.05) is 0 Å². The lowest BCUT2D eigenvalue weighted by atomic mass is 9.95. The van der Waals surface area contributed by atoms with Crippen LogP contribution in [0, 0.1) is 0 Å². The zero-order chi connectivity index (χ0) is 17.9. The molecule has 1 heterocycles. The molecule has 2 aliphatic rings. The van der Waals surface area contributed by atoms with Crippen molar-refractivity contribution >= 4 is 35.8 Å². The van der Waals surface area contributed by atoms with E-state index in [2.05, 4.69) is 32.8 Å². The Labute approximate surface area is 176 Å². The lowest BCUT2D eigenvalue weighted by Gasteiger charge is -2.33. The maximum atomic E-state index is 12.0. The van der Waals surface area contributed by atoms with Crippen LogP contribution < -0.4 is 16.0 Å². The largest absolute Gasteiger partial charge is 0.356 e. The van der Waals surface area contributed by atoms with Crippen LogP contribution in [-0.2, 0) is 4.79 Å². The van der Waals surface area contributed by atoms with Gasteiger partial charge in [0.2, 0.25) is 5.91 Å². The third-order valence-electron chi connectivity index (χ3n) is 5.47. The lowest BCUT2D eigenvalue weighted by Crippen LogP contribution is -2.46. The Kier molecular flexibility index (Phi) is 12.3. The van der Waals surface area contributed by atoms with Crippen LogP contribution in [0.3, 0.4) is 0 Å². The van der Waals surface area contributed by atoms with Crippen molar-refractivity contribution in [3.8, 4) is 0 Å². The predicted octanol–water partition coefficient (Wildman–Crippen LogP) is 2.48. The number of aliphatic imine (C=N–C) groups is 1. The van der Waals surface area contributed by atoms with E-state index in [0.29, 0.717) is 18.5 Å². The minimum atomic E-state index is 0. The van der Waals surface area contributed by atoms with Gasteiger partial charge in [0.15, 0.2) is 5.96 Å². The number of amides is 1. The molecule has 1 aliphatic heterocycles. The Morgan fingerprint density at radius 2 is 1.81 bits per heavy atom. The number of hydrogen-bond donors (Lipinski definition) is 3. The molecule has 1 aliphatic carbocycles. The van der Waals surface area contributed by atoms with Gasteiger partial charge in [-0.3, -0.25) is 9.79 Å². The van der Waals surface area contributed by atoms with Gasteiger partial charge in [0, 0.05) is 32.2 Å². The summed E-state index contributed by atoms with van der Waals surface area (Å²) in [4.78, 5) is 18.8. The Morgan fingerprint density at radius 1 is 1.08 bits per heavy atom. The molecule has 1 atom stereocenters. The predicted molar refractivity (Wildman–Crippen MR) is 119 cm³/mol. The van der Waals surface area contributed by atoms with Gasteiger partial charge in [-0.25, -0.2) is 0 Å². The fourth-order valence-electron chi connectivity index (χ4n) is 3.89. The van der Waals surface area contributed by atoms with Gasteiger partial charge < -0.3 is 20.9 Å². The first-order valence-corrected chi connectivity index (χ1v) is 10.2. The summed E-state index contributed by atoms with van der Waals surface area (Å²) in [5.41, 5.74) is 0. The molecule has 7 heteroatoms. The molecule has 0 bridgehead atoms. The number of likely N-dealkylation sites (tertiary alicyclic amines) is 1. The molecule has 152 valence electrons. The van der Waals surface area contributed by atoms with E-state index in [1.165, 1.54) is 45.1 Å². The van der Waals surface area contributed by atoms with E-state index in [9.17, 15) is 4.79 Å². The second kappa shape index (κ2) is 13.6. The number of carbonyl (C=O) groups excluding carboxylic acids is 1. The summed E-state index contributed by atoms with van der Waals surface area (Å²) in [7, 11) is 1.75. The lowest BCUT2D eigenvalue weighted by molar-refractivity contribution is -0.120. The summed E-state index contributed by atoms with van der Waals surface area (Å²) in [6.07, 6.45) is 11.1. The second-order valence-electron chi connectivity index (χ2n) is 7.49. The molecule has 1 unspecified atom stereocenters. The highest BCUT2D eigenvalue weighted by Crippen LogP contribution is 2.17. The number of piperidine rings is 1. The number of halogens is 1. The molecule has 26 heavy (non-hydrogen) atoms. The molecule has 1 saturated heterocycles. The smallest absolute Gasteiger partial charge is 0.239 e. The summed E-state index contributed by atoms with van der Waals surface area (Å²) in [5.74, 6) is 0.780. The average Bonchev–Trinajstić information content (AvgIpc) is 2.63. The number of rotatable bonds is 7. The van der Waals surface area contributed by atoms with Crippen LogP contribution in [0.2, 0.25) is 0 Å². The van der Waals surface area contributed by atoms with Crippen LogP contribution in [0.25, 0.3) is 0 Å². The average molecular weight is 479 g/mol. The molecule has 1 amide bonds. The molecule has 3 N–H and O–H groups in total. The summed E-state index contributed by atoms with van der Waals surface area (Å²) in [5, 5.41) is 9.56. The normalized spacial score (nSPS) is 22.4. The van der Waals surface area contributed by atoms with Crippen molar-refractivity contribution in [3.05, 3.63) is 0 Å². The van der Waals surface area contributed by atoms with Gasteiger partial charge in [-0.2, -0.15) is 0 Å². The first kappa shape index (κ1) is 23.5. The van der Waals surface area contributed by atoms with Crippen molar-refractivity contribution in [2.75, 3.05) is 33.2 Å². The number of hydrogen-bond acceptors (Lipinski definition) is 3. The van der Waals surface area contributed by atoms with Crippen LogP contribution in [0.1, 0.15) is 64.7 Å². The minimum absolute atomic E-state index is 0. The molecule has 6 nitrogen and oxygen atoms in total. The fraction of sp³-hybridized carbons (Fsp3) is 0.895. The van der Waals surface area contributed by atoms with Crippen molar-refractivity contribution in [2.24, 2.45) is 4.99 Å². The van der Waals surface area contributed by atoms with E-state index in [0.717, 1.165) is 38.4 Å². The van der Waals surface area contributed by atoms with Crippen LogP contribution in [0.5, 0.6) is 0 Å². The van der Waals surface area contributed by atoms with Gasteiger partial charge in [0.05, 0.1) is 6.54 Å². The highest BCUT2D eigenvalue weighted by Gasteiger charge is 2.17. The topological polar surface area (TPSA) is 68.8 Å². The zero-order valence-electron chi connectivity index (χ0n) is 16.6. The molecule has 0 aromatic rings. The summed E-state index contributed by atoms with van der Waals surface area (Å²) in [6.45, 7) is 5.87. The molecular formula is C19H38IN5O. The van der Waals surface area contributed by atoms with Crippen molar-refractivity contribution in [2.45, 2.75) is 76.8 Å². The van der Waals surface area contributed by atoms with E-state index < -0.39 is 0 Å². The Morgan fingerprint density at radius 3 is 2.50 bits per heavy atom. The molecule has 0 aromatic carbocycles. The number of nitrogens with one attached hydrogen (secondary N) is 3. The van der Waals surface area contributed by atoms with Gasteiger partial charge in [-0.05, 0) is 45.6 Å². The molecule has 2 fully saturated rings. The first-order valence-electron chi connectivity index (χ1n) is 10.2. The molecule has 0 aromatic heterocycles. The van der Waals surface area contributed by atoms with Crippen molar-refractivity contribution in [1.82, 2.24) is 20.9 Å². The number of guanidine groups is 1. The van der Waals surface area contributed by atoms with Crippen LogP contribution >= 0.6 is 24.0 Å². The second-order valence-corrected chi connectivity index (χ2v) is 7.49. The van der Waals surface area contributed by atoms with Crippen LogP contribution in [-0.4, -0.2) is 62.1 Å². The van der Waals surface area contributed by atoms with E-state index in [1.54, 1.807) is 7.05 Å². The standard InChI is InChI=1S/C19H37N5O.HI/c1-16-9-6-7-13-24(16)14-8-12-21-19(20-2)22-15-18(25)23-17-10-4-3-5-11-17;/h16-17H,3-15H2,1-2H3,(H,23,25)(H2,20,21,22);1H. The first-order chi connectivity index (χ1) is 12.2. The quantitative estimate of drug-likeness (QED) is 0.227. The minimum Gasteiger partial charge on any atom is -0.356 e. The maximum absolute atomic E-state index is 12.0. The SMILES string of the molecule is CN=C(NCCCN1CCCCC1C)NCC(=O)NC1CCCCC1.I. The summed E-state index contributed by atoms with van der Waals surface area (Å²) in [6, 6.07) is 1.08. The van der Waals surface area contributed by atoms with Gasteiger partial charge in [0.1, 0.15) is 0 Å². The van der Waals surface area contributed by atoms with E-state index in [4.69, 9.17) is 0 Å². The Bertz CT molecular complexity index is 426. The zero-order valence-corrected chi connectivity index (χ0v) is 18.9. The van der Waals surface area contributed by atoms with Crippen molar-refractivity contribution in [1.29, 1.82) is 0 Å². The maximum Gasteiger partial charge on any atom is 0.239 e. The number of carbonyl (C=O) groups is 1. The monoisotopic (exact) mass is 479 g/mol. The van der Waals surface area contributed by atoms with Gasteiger partial charge in [-0.15, -0.1) is 24.0 Å². The Balaban J connectivity index is 0.00000338. The highest BCUT2D eigenvalue weighted by molar-refractivity contribution is 14.0. The van der Waals surface area contributed by atoms with Crippen LogP contribution in [0.4, 0.5) is 0 Å². The third kappa shape index (κ3) is 8.88. The van der Waals surface area contributed by atoms with Crippen molar-refractivity contribution < 1.29 is 4.79 Å². The van der Waals surface area contributed by atoms with Gasteiger partial charge >= 0.3 is 0 Å². The van der Waals surface area contributed by atoms with E-state index >= 15 is 0 Å². The van der Waals surface area contributed by atoms with Gasteiger partial charge in [-0.1, -0.05) is 25.7 Å². The molecule has 0 spiro atoms. The molecular weight excluding hydrogens is 441 g/mol. The van der Waals surface area contributed by atoms with Crippen LogP contribution in [0.15, 0.2) is 4.99 Å². The highest BCUT2D eigenvalue weighted by atomic mass is 127. The number of nitrogens with zero attached hydrogens (tertiary/aromatic N) is 2. The molecule has 2 rings (SSSR count). The van der Waals surface area contributed by atoms with Gasteiger partial charge in [0.25, 0.3) is 0 Å². The fourth-order valence-corrected chi connectivity index (χ4v) is 3.89.